The number of nitrogens with zero attached hydrogens (tertiary/aromatic N) is 1. The molecule has 0 bridgehead atoms. The molecule has 110 valence electrons. The van der Waals surface area contributed by atoms with Crippen LogP contribution in [0, 0.1) is 11.6 Å². The van der Waals surface area contributed by atoms with E-state index in [1.807, 2.05) is 0 Å². The van der Waals surface area contributed by atoms with E-state index in [4.69, 9.17) is 0 Å². The number of hydrogen-bond donors (Lipinski definition) is 1. The average molecular weight is 302 g/mol. The molecule has 0 atom stereocenters. The van der Waals surface area contributed by atoms with Crippen molar-refractivity contribution in [2.45, 2.75) is 6.92 Å². The van der Waals surface area contributed by atoms with E-state index >= 15 is 0 Å². The standard InChI is InChI=1S/C13H16F2N2O2S/c1-2-16-12-10(14)7-9(8-11(12)15)13(18)17-3-5-20(19)6-4-17/h7-8,16H,2-6H2,1H3. The first-order chi connectivity index (χ1) is 9.52. The first-order valence-electron chi connectivity index (χ1n) is 6.40. The number of carbonyl (C=O) groups is 1. The van der Waals surface area contributed by atoms with Crippen molar-refractivity contribution in [2.75, 3.05) is 36.5 Å². The van der Waals surface area contributed by atoms with E-state index in [0.29, 0.717) is 31.1 Å². The number of halogens is 2. The van der Waals surface area contributed by atoms with Gasteiger partial charge in [-0.25, -0.2) is 8.78 Å². The maximum absolute atomic E-state index is 13.8. The second kappa shape index (κ2) is 6.30. The Balaban J connectivity index is 2.20. The van der Waals surface area contributed by atoms with Crippen LogP contribution in [-0.2, 0) is 10.8 Å². The van der Waals surface area contributed by atoms with E-state index in [2.05, 4.69) is 5.32 Å². The monoisotopic (exact) mass is 302 g/mol. The minimum atomic E-state index is -0.901. The fourth-order valence-electron chi connectivity index (χ4n) is 2.07. The van der Waals surface area contributed by atoms with E-state index in [9.17, 15) is 17.8 Å². The number of anilines is 1. The minimum Gasteiger partial charge on any atom is -0.381 e. The molecule has 1 N–H and O–H groups in total. The van der Waals surface area contributed by atoms with Crippen LogP contribution in [0.2, 0.25) is 0 Å². The van der Waals surface area contributed by atoms with Crippen molar-refractivity contribution in [3.63, 3.8) is 0 Å². The molecule has 1 heterocycles. The van der Waals surface area contributed by atoms with Crippen LogP contribution in [0.4, 0.5) is 14.5 Å². The summed E-state index contributed by atoms with van der Waals surface area (Å²) in [5.74, 6) is -1.17. The van der Waals surface area contributed by atoms with Crippen LogP contribution in [0.25, 0.3) is 0 Å². The molecule has 2 rings (SSSR count). The van der Waals surface area contributed by atoms with Crippen LogP contribution in [0.15, 0.2) is 12.1 Å². The molecule has 1 aliphatic heterocycles. The maximum Gasteiger partial charge on any atom is 0.254 e. The molecule has 0 radical (unpaired) electrons. The van der Waals surface area contributed by atoms with Crippen LogP contribution in [-0.4, -0.2) is 46.2 Å². The summed E-state index contributed by atoms with van der Waals surface area (Å²) in [7, 11) is -0.901. The number of benzene rings is 1. The second-order valence-corrected chi connectivity index (χ2v) is 6.18. The highest BCUT2D eigenvalue weighted by atomic mass is 32.2. The van der Waals surface area contributed by atoms with Crippen molar-refractivity contribution in [2.24, 2.45) is 0 Å². The normalized spacial score (nSPS) is 16.2. The molecule has 0 spiro atoms. The van der Waals surface area contributed by atoms with Gasteiger partial charge in [-0.05, 0) is 19.1 Å². The zero-order chi connectivity index (χ0) is 14.7. The van der Waals surface area contributed by atoms with Gasteiger partial charge in [0.2, 0.25) is 0 Å². The molecule has 0 aromatic heterocycles. The minimum absolute atomic E-state index is 0.0191. The molecule has 1 aromatic rings. The van der Waals surface area contributed by atoms with E-state index in [0.717, 1.165) is 12.1 Å². The van der Waals surface area contributed by atoms with Gasteiger partial charge < -0.3 is 10.2 Å². The third kappa shape index (κ3) is 3.15. The van der Waals surface area contributed by atoms with Gasteiger partial charge in [0.15, 0.2) is 0 Å². The van der Waals surface area contributed by atoms with Crippen molar-refractivity contribution >= 4 is 22.4 Å². The number of amides is 1. The van der Waals surface area contributed by atoms with Crippen LogP contribution < -0.4 is 5.32 Å². The van der Waals surface area contributed by atoms with E-state index in [1.165, 1.54) is 4.90 Å². The molecule has 7 heteroatoms. The summed E-state index contributed by atoms with van der Waals surface area (Å²) >= 11 is 0. The summed E-state index contributed by atoms with van der Waals surface area (Å²) in [6, 6.07) is 2.07. The summed E-state index contributed by atoms with van der Waals surface area (Å²) in [5, 5.41) is 2.58. The number of rotatable bonds is 3. The number of hydrogen-bond acceptors (Lipinski definition) is 3. The highest BCUT2D eigenvalue weighted by molar-refractivity contribution is 7.85. The van der Waals surface area contributed by atoms with Crippen molar-refractivity contribution in [3.8, 4) is 0 Å². The summed E-state index contributed by atoms with van der Waals surface area (Å²) < 4.78 is 38.8. The third-order valence-corrected chi connectivity index (χ3v) is 4.38. The van der Waals surface area contributed by atoms with Crippen LogP contribution in [0.5, 0.6) is 0 Å². The SMILES string of the molecule is CCNc1c(F)cc(C(=O)N2CCS(=O)CC2)cc1F. The highest BCUT2D eigenvalue weighted by Gasteiger charge is 2.23. The van der Waals surface area contributed by atoms with Gasteiger partial charge >= 0.3 is 0 Å². The van der Waals surface area contributed by atoms with E-state index < -0.39 is 28.3 Å². The van der Waals surface area contributed by atoms with Crippen molar-refractivity contribution in [3.05, 3.63) is 29.3 Å². The Morgan fingerprint density at radius 3 is 2.35 bits per heavy atom. The molecule has 1 aliphatic rings. The van der Waals surface area contributed by atoms with E-state index in [-0.39, 0.29) is 11.3 Å². The molecule has 1 saturated heterocycles. The van der Waals surface area contributed by atoms with Crippen molar-refractivity contribution < 1.29 is 17.8 Å². The van der Waals surface area contributed by atoms with Crippen molar-refractivity contribution in [1.29, 1.82) is 0 Å². The lowest BCUT2D eigenvalue weighted by molar-refractivity contribution is 0.0770. The smallest absolute Gasteiger partial charge is 0.254 e. The molecule has 1 fully saturated rings. The molecule has 20 heavy (non-hydrogen) atoms. The quantitative estimate of drug-likeness (QED) is 0.923. The molecule has 4 nitrogen and oxygen atoms in total. The van der Waals surface area contributed by atoms with Gasteiger partial charge in [0, 0.05) is 47.5 Å². The lowest BCUT2D eigenvalue weighted by Gasteiger charge is -2.26. The van der Waals surface area contributed by atoms with E-state index in [1.54, 1.807) is 6.92 Å². The molecule has 0 saturated carbocycles. The zero-order valence-electron chi connectivity index (χ0n) is 11.1. The van der Waals surface area contributed by atoms with Gasteiger partial charge in [-0.1, -0.05) is 0 Å². The van der Waals surface area contributed by atoms with Crippen molar-refractivity contribution in [1.82, 2.24) is 4.90 Å². The largest absolute Gasteiger partial charge is 0.381 e. The Morgan fingerprint density at radius 1 is 1.30 bits per heavy atom. The van der Waals surface area contributed by atoms with Gasteiger partial charge in [0.25, 0.3) is 5.91 Å². The summed E-state index contributed by atoms with van der Waals surface area (Å²) in [6.07, 6.45) is 0. The topological polar surface area (TPSA) is 49.4 Å². The van der Waals surface area contributed by atoms with Crippen LogP contribution in [0.1, 0.15) is 17.3 Å². The molecular formula is C13H16F2N2O2S. The van der Waals surface area contributed by atoms with Gasteiger partial charge in [0.1, 0.15) is 17.3 Å². The number of nitrogens with one attached hydrogen (secondary N) is 1. The molecule has 1 amide bonds. The van der Waals surface area contributed by atoms with Gasteiger partial charge in [-0.15, -0.1) is 0 Å². The molecule has 0 unspecified atom stereocenters. The summed E-state index contributed by atoms with van der Waals surface area (Å²) in [5.41, 5.74) is -0.238. The van der Waals surface area contributed by atoms with Crippen LogP contribution >= 0.6 is 0 Å². The van der Waals surface area contributed by atoms with Gasteiger partial charge in [0.05, 0.1) is 0 Å². The zero-order valence-corrected chi connectivity index (χ0v) is 11.9. The Kier molecular flexibility index (Phi) is 4.69. The second-order valence-electron chi connectivity index (χ2n) is 4.49. The Labute approximate surface area is 118 Å². The Morgan fingerprint density at radius 2 is 1.85 bits per heavy atom. The average Bonchev–Trinajstić information content (AvgIpc) is 2.42. The predicted octanol–water partition coefficient (Wildman–Crippen LogP) is 1.60. The predicted molar refractivity (Wildman–Crippen MR) is 74.3 cm³/mol. The fraction of sp³-hybridized carbons (Fsp3) is 0.462. The molecular weight excluding hydrogens is 286 g/mol. The highest BCUT2D eigenvalue weighted by Crippen LogP contribution is 2.21. The Bertz CT molecular complexity index is 518. The Hall–Kier alpha value is -1.50. The fourth-order valence-corrected chi connectivity index (χ4v) is 3.12. The van der Waals surface area contributed by atoms with Crippen LogP contribution in [0.3, 0.4) is 0 Å². The van der Waals surface area contributed by atoms with Gasteiger partial charge in [-0.2, -0.15) is 0 Å². The number of carbonyl (C=O) groups excluding carboxylic acids is 1. The van der Waals surface area contributed by atoms with Gasteiger partial charge in [-0.3, -0.25) is 9.00 Å². The maximum atomic E-state index is 13.8. The molecule has 0 aliphatic carbocycles. The summed E-state index contributed by atoms with van der Waals surface area (Å²) in [6.45, 7) is 2.82. The molecule has 1 aromatic carbocycles. The lowest BCUT2D eigenvalue weighted by atomic mass is 10.1. The lowest BCUT2D eigenvalue weighted by Crippen LogP contribution is -2.41. The third-order valence-electron chi connectivity index (χ3n) is 3.11. The first kappa shape index (κ1) is 14.9. The summed E-state index contributed by atoms with van der Waals surface area (Å²) in [4.78, 5) is 13.6. The first-order valence-corrected chi connectivity index (χ1v) is 7.89.